The number of nitrogens with one attached hydrogen (secondary N) is 1. The average Bonchev–Trinajstić information content (AvgIpc) is 2.93. The minimum atomic E-state index is 0.692. The molecule has 3 heterocycles. The van der Waals surface area contributed by atoms with Gasteiger partial charge in [-0.25, -0.2) is 4.98 Å². The van der Waals surface area contributed by atoms with Crippen molar-refractivity contribution in [3.05, 3.63) is 16.1 Å². The standard InChI is InChI=1S/C13H21N3S/c1-10-15-11(9-17-10)8-14-12-5-7-16-6-3-2-4-13(12)16/h9,12-14H,2-8H2,1H3. The van der Waals surface area contributed by atoms with E-state index in [4.69, 9.17) is 0 Å². The maximum Gasteiger partial charge on any atom is 0.0897 e. The van der Waals surface area contributed by atoms with E-state index < -0.39 is 0 Å². The summed E-state index contributed by atoms with van der Waals surface area (Å²) in [5.41, 5.74) is 1.21. The van der Waals surface area contributed by atoms with Gasteiger partial charge >= 0.3 is 0 Å². The Morgan fingerprint density at radius 3 is 3.18 bits per heavy atom. The number of rotatable bonds is 3. The van der Waals surface area contributed by atoms with Crippen LogP contribution in [0.2, 0.25) is 0 Å². The highest BCUT2D eigenvalue weighted by atomic mass is 32.1. The quantitative estimate of drug-likeness (QED) is 0.892. The molecular weight excluding hydrogens is 230 g/mol. The number of fused-ring (bicyclic) bond motifs is 1. The van der Waals surface area contributed by atoms with E-state index >= 15 is 0 Å². The number of nitrogens with zero attached hydrogens (tertiary/aromatic N) is 2. The Hall–Kier alpha value is -0.450. The van der Waals surface area contributed by atoms with Gasteiger partial charge in [0.05, 0.1) is 10.7 Å². The van der Waals surface area contributed by atoms with E-state index in [9.17, 15) is 0 Å². The van der Waals surface area contributed by atoms with E-state index in [1.165, 1.54) is 49.5 Å². The van der Waals surface area contributed by atoms with Crippen LogP contribution in [0.1, 0.15) is 36.4 Å². The Labute approximate surface area is 107 Å². The molecule has 2 saturated heterocycles. The van der Waals surface area contributed by atoms with Crippen LogP contribution in [0.5, 0.6) is 0 Å². The molecule has 0 aliphatic carbocycles. The van der Waals surface area contributed by atoms with Crippen LogP contribution < -0.4 is 5.32 Å². The first-order valence-corrected chi connectivity index (χ1v) is 7.59. The van der Waals surface area contributed by atoms with Gasteiger partial charge in [0, 0.05) is 30.6 Å². The largest absolute Gasteiger partial charge is 0.307 e. The van der Waals surface area contributed by atoms with Crippen LogP contribution in [-0.2, 0) is 6.54 Å². The predicted molar refractivity (Wildman–Crippen MR) is 71.3 cm³/mol. The first kappa shape index (κ1) is 11.6. The average molecular weight is 251 g/mol. The topological polar surface area (TPSA) is 28.2 Å². The third-order valence-corrected chi connectivity index (χ3v) is 4.89. The van der Waals surface area contributed by atoms with Gasteiger partial charge in [0.15, 0.2) is 0 Å². The molecule has 2 fully saturated rings. The molecule has 0 saturated carbocycles. The zero-order valence-corrected chi connectivity index (χ0v) is 11.3. The minimum absolute atomic E-state index is 0.692. The fourth-order valence-corrected chi connectivity index (χ4v) is 3.82. The van der Waals surface area contributed by atoms with Gasteiger partial charge in [-0.3, -0.25) is 4.90 Å². The van der Waals surface area contributed by atoms with Crippen LogP contribution in [0.4, 0.5) is 0 Å². The summed E-state index contributed by atoms with van der Waals surface area (Å²) in [5.74, 6) is 0. The molecule has 0 amide bonds. The second-order valence-corrected chi connectivity index (χ2v) is 6.30. The summed E-state index contributed by atoms with van der Waals surface area (Å²) in [6.45, 7) is 5.63. The number of thiazole rings is 1. The molecule has 1 aromatic rings. The summed E-state index contributed by atoms with van der Waals surface area (Å²) in [4.78, 5) is 7.19. The van der Waals surface area contributed by atoms with Crippen molar-refractivity contribution in [1.82, 2.24) is 15.2 Å². The van der Waals surface area contributed by atoms with E-state index in [0.717, 1.165) is 12.6 Å². The molecule has 1 aromatic heterocycles. The molecule has 0 spiro atoms. The van der Waals surface area contributed by atoms with Crippen LogP contribution in [0.3, 0.4) is 0 Å². The third-order valence-electron chi connectivity index (χ3n) is 4.07. The molecule has 2 atom stereocenters. The molecule has 17 heavy (non-hydrogen) atoms. The van der Waals surface area contributed by atoms with Gasteiger partial charge in [0.25, 0.3) is 0 Å². The zero-order chi connectivity index (χ0) is 11.7. The summed E-state index contributed by atoms with van der Waals surface area (Å²) in [5, 5.41) is 7.06. The van der Waals surface area contributed by atoms with Crippen molar-refractivity contribution in [2.75, 3.05) is 13.1 Å². The molecule has 4 heteroatoms. The van der Waals surface area contributed by atoms with Gasteiger partial charge in [-0.05, 0) is 32.7 Å². The lowest BCUT2D eigenvalue weighted by Gasteiger charge is -2.32. The van der Waals surface area contributed by atoms with Crippen LogP contribution in [-0.4, -0.2) is 35.1 Å². The SMILES string of the molecule is Cc1nc(CNC2CCN3CCCCC23)cs1. The smallest absolute Gasteiger partial charge is 0.0897 e. The van der Waals surface area contributed by atoms with E-state index in [1.54, 1.807) is 11.3 Å². The Morgan fingerprint density at radius 1 is 1.41 bits per heavy atom. The Kier molecular flexibility index (Phi) is 3.45. The summed E-state index contributed by atoms with van der Waals surface area (Å²) < 4.78 is 0. The van der Waals surface area contributed by atoms with Crippen molar-refractivity contribution in [2.24, 2.45) is 0 Å². The normalized spacial score (nSPS) is 29.5. The minimum Gasteiger partial charge on any atom is -0.307 e. The Morgan fingerprint density at radius 2 is 2.35 bits per heavy atom. The molecule has 3 rings (SSSR count). The van der Waals surface area contributed by atoms with E-state index in [2.05, 4.69) is 27.5 Å². The van der Waals surface area contributed by atoms with Crippen molar-refractivity contribution in [2.45, 2.75) is 51.2 Å². The van der Waals surface area contributed by atoms with Crippen molar-refractivity contribution in [1.29, 1.82) is 0 Å². The molecule has 2 aliphatic heterocycles. The highest BCUT2D eigenvalue weighted by molar-refractivity contribution is 7.09. The highest BCUT2D eigenvalue weighted by Gasteiger charge is 2.34. The molecule has 94 valence electrons. The second-order valence-electron chi connectivity index (χ2n) is 5.23. The molecule has 0 bridgehead atoms. The van der Waals surface area contributed by atoms with Crippen LogP contribution in [0.15, 0.2) is 5.38 Å². The number of aromatic nitrogens is 1. The second kappa shape index (κ2) is 5.04. The molecule has 1 N–H and O–H groups in total. The lowest BCUT2D eigenvalue weighted by molar-refractivity contribution is 0.180. The lowest BCUT2D eigenvalue weighted by atomic mass is 9.99. The van der Waals surface area contributed by atoms with Crippen molar-refractivity contribution >= 4 is 11.3 Å². The summed E-state index contributed by atoms with van der Waals surface area (Å²) in [6.07, 6.45) is 5.51. The fraction of sp³-hybridized carbons (Fsp3) is 0.769. The van der Waals surface area contributed by atoms with Gasteiger partial charge < -0.3 is 5.32 Å². The number of hydrogen-bond donors (Lipinski definition) is 1. The van der Waals surface area contributed by atoms with E-state index in [0.29, 0.717) is 6.04 Å². The molecule has 3 nitrogen and oxygen atoms in total. The van der Waals surface area contributed by atoms with E-state index in [1.807, 2.05) is 0 Å². The lowest BCUT2D eigenvalue weighted by Crippen LogP contribution is -2.44. The molecule has 0 radical (unpaired) electrons. The monoisotopic (exact) mass is 251 g/mol. The highest BCUT2D eigenvalue weighted by Crippen LogP contribution is 2.27. The van der Waals surface area contributed by atoms with Gasteiger partial charge in [-0.2, -0.15) is 0 Å². The maximum atomic E-state index is 4.52. The van der Waals surface area contributed by atoms with Crippen LogP contribution in [0.25, 0.3) is 0 Å². The molecular formula is C13H21N3S. The van der Waals surface area contributed by atoms with Gasteiger partial charge in [-0.1, -0.05) is 6.42 Å². The maximum absolute atomic E-state index is 4.52. The van der Waals surface area contributed by atoms with E-state index in [-0.39, 0.29) is 0 Å². The van der Waals surface area contributed by atoms with Gasteiger partial charge in [0.1, 0.15) is 0 Å². The summed E-state index contributed by atoms with van der Waals surface area (Å²) in [6, 6.07) is 1.49. The number of hydrogen-bond acceptors (Lipinski definition) is 4. The van der Waals surface area contributed by atoms with Crippen molar-refractivity contribution < 1.29 is 0 Å². The van der Waals surface area contributed by atoms with Crippen LogP contribution in [0, 0.1) is 6.92 Å². The van der Waals surface area contributed by atoms with Crippen molar-refractivity contribution in [3.63, 3.8) is 0 Å². The van der Waals surface area contributed by atoms with Gasteiger partial charge in [-0.15, -0.1) is 11.3 Å². The predicted octanol–water partition coefficient (Wildman–Crippen LogP) is 2.17. The number of aryl methyl sites for hydroxylation is 1. The number of piperidine rings is 1. The first-order chi connectivity index (χ1) is 8.33. The zero-order valence-electron chi connectivity index (χ0n) is 10.5. The Balaban J connectivity index is 1.55. The van der Waals surface area contributed by atoms with Crippen LogP contribution >= 0.6 is 11.3 Å². The summed E-state index contributed by atoms with van der Waals surface area (Å²) >= 11 is 1.75. The molecule has 0 aromatic carbocycles. The fourth-order valence-electron chi connectivity index (χ4n) is 3.21. The van der Waals surface area contributed by atoms with Crippen molar-refractivity contribution in [3.8, 4) is 0 Å². The summed E-state index contributed by atoms with van der Waals surface area (Å²) in [7, 11) is 0. The van der Waals surface area contributed by atoms with Gasteiger partial charge in [0.2, 0.25) is 0 Å². The molecule has 2 unspecified atom stereocenters. The Bertz CT molecular complexity index is 376. The first-order valence-electron chi connectivity index (χ1n) is 6.71. The molecule has 2 aliphatic rings. The third kappa shape index (κ3) is 2.54.